The van der Waals surface area contributed by atoms with Gasteiger partial charge in [-0.3, -0.25) is 9.58 Å². The van der Waals surface area contributed by atoms with Crippen LogP contribution in [0.4, 0.5) is 0 Å². The quantitative estimate of drug-likeness (QED) is 0.833. The highest BCUT2D eigenvalue weighted by atomic mass is 79.9. The summed E-state index contributed by atoms with van der Waals surface area (Å²) in [5, 5.41) is 14.6. The van der Waals surface area contributed by atoms with E-state index in [4.69, 9.17) is 4.74 Å². The molecule has 0 radical (unpaired) electrons. The van der Waals surface area contributed by atoms with Gasteiger partial charge in [0.1, 0.15) is 0 Å². The van der Waals surface area contributed by atoms with Gasteiger partial charge in [0.15, 0.2) is 0 Å². The van der Waals surface area contributed by atoms with Crippen LogP contribution in [0.2, 0.25) is 0 Å². The molecule has 2 rings (SSSR count). The molecule has 5 nitrogen and oxygen atoms in total. The van der Waals surface area contributed by atoms with Crippen molar-refractivity contribution in [3.05, 3.63) is 15.9 Å². The first-order valence-corrected chi connectivity index (χ1v) is 7.75. The third-order valence-electron chi connectivity index (χ3n) is 3.30. The Kier molecular flexibility index (Phi) is 4.59. The zero-order valence-electron chi connectivity index (χ0n) is 12.9. The highest BCUT2D eigenvalue weighted by molar-refractivity contribution is 9.10. The maximum atomic E-state index is 10.1. The highest BCUT2D eigenvalue weighted by Crippen LogP contribution is 2.44. The Balaban J connectivity index is 2.04. The predicted octanol–water partition coefficient (Wildman–Crippen LogP) is 2.58. The molecule has 0 amide bonds. The summed E-state index contributed by atoms with van der Waals surface area (Å²) in [6.07, 6.45) is 1.54. The number of aliphatic hydroxyl groups excluding tert-OH is 1. The Morgan fingerprint density at radius 1 is 1.50 bits per heavy atom. The first kappa shape index (κ1) is 15.9. The second-order valence-corrected chi connectivity index (χ2v) is 7.31. The Hall–Kier alpha value is -0.430. The van der Waals surface area contributed by atoms with Gasteiger partial charge in [0.2, 0.25) is 6.41 Å². The minimum Gasteiger partial charge on any atom is -0.356 e. The van der Waals surface area contributed by atoms with E-state index in [2.05, 4.69) is 21.0 Å². The molecule has 0 aliphatic heterocycles. The predicted molar refractivity (Wildman–Crippen MR) is 81.2 cm³/mol. The number of aliphatic hydroxyl groups is 1. The van der Waals surface area contributed by atoms with Gasteiger partial charge < -0.3 is 9.84 Å². The highest BCUT2D eigenvalue weighted by Gasteiger charge is 2.31. The van der Waals surface area contributed by atoms with Gasteiger partial charge in [0, 0.05) is 19.5 Å². The fourth-order valence-electron chi connectivity index (χ4n) is 2.19. The van der Waals surface area contributed by atoms with Crippen molar-refractivity contribution in [3.63, 3.8) is 0 Å². The normalized spacial score (nSPS) is 17.8. The molecule has 1 N–H and O–H groups in total. The van der Waals surface area contributed by atoms with Crippen LogP contribution in [0.15, 0.2) is 4.47 Å². The van der Waals surface area contributed by atoms with Gasteiger partial charge in [-0.2, -0.15) is 5.10 Å². The van der Waals surface area contributed by atoms with Gasteiger partial charge in [0.05, 0.1) is 21.5 Å². The Morgan fingerprint density at radius 2 is 2.10 bits per heavy atom. The molecule has 1 aliphatic rings. The zero-order chi connectivity index (χ0) is 15.1. The van der Waals surface area contributed by atoms with Gasteiger partial charge in [-0.15, -0.1) is 0 Å². The van der Waals surface area contributed by atoms with Gasteiger partial charge >= 0.3 is 0 Å². The molecule has 1 atom stereocenters. The van der Waals surface area contributed by atoms with Gasteiger partial charge in [-0.25, -0.2) is 0 Å². The number of aromatic nitrogens is 2. The Labute approximate surface area is 129 Å². The second kappa shape index (κ2) is 5.75. The van der Waals surface area contributed by atoms with Crippen molar-refractivity contribution in [3.8, 4) is 0 Å². The van der Waals surface area contributed by atoms with E-state index in [0.717, 1.165) is 10.2 Å². The van der Waals surface area contributed by atoms with Crippen LogP contribution in [0.25, 0.3) is 0 Å². The number of hydrogen-bond acceptors (Lipinski definition) is 4. The Morgan fingerprint density at radius 3 is 2.60 bits per heavy atom. The van der Waals surface area contributed by atoms with Crippen molar-refractivity contribution in [2.24, 2.45) is 7.05 Å². The number of hydrogen-bond donors (Lipinski definition) is 1. The topological polar surface area (TPSA) is 50.5 Å². The molecule has 0 spiro atoms. The molecule has 1 aliphatic carbocycles. The monoisotopic (exact) mass is 345 g/mol. The second-order valence-electron chi connectivity index (χ2n) is 6.52. The van der Waals surface area contributed by atoms with Crippen molar-refractivity contribution in [2.45, 2.75) is 58.1 Å². The standard InChI is InChI=1S/C14H24BrN3O2/c1-14(2,3)20-13(19)17(4)8-10-11(15)12(9-6-7-9)18(5)16-10/h9,13,19H,6-8H2,1-5H3. The number of ether oxygens (including phenoxy) is 1. The van der Waals surface area contributed by atoms with Crippen LogP contribution in [0, 0.1) is 0 Å². The van der Waals surface area contributed by atoms with Crippen molar-refractivity contribution < 1.29 is 9.84 Å². The van der Waals surface area contributed by atoms with Crippen LogP contribution in [0.5, 0.6) is 0 Å². The van der Waals surface area contributed by atoms with Crippen LogP contribution in [0.3, 0.4) is 0 Å². The molecular weight excluding hydrogens is 322 g/mol. The number of nitrogens with zero attached hydrogens (tertiary/aromatic N) is 3. The third kappa shape index (κ3) is 3.81. The molecule has 0 bridgehead atoms. The summed E-state index contributed by atoms with van der Waals surface area (Å²) in [5.41, 5.74) is 1.82. The van der Waals surface area contributed by atoms with Crippen molar-refractivity contribution in [2.75, 3.05) is 7.05 Å². The molecule has 114 valence electrons. The SMILES string of the molecule is CN(Cc1nn(C)c(C2CC2)c1Br)C(O)OC(C)(C)C. The molecule has 0 saturated heterocycles. The molecule has 1 heterocycles. The van der Waals surface area contributed by atoms with Gasteiger partial charge in [-0.05, 0) is 56.6 Å². The van der Waals surface area contributed by atoms with E-state index in [-0.39, 0.29) is 5.60 Å². The summed E-state index contributed by atoms with van der Waals surface area (Å²) in [6, 6.07) is 0. The van der Waals surface area contributed by atoms with E-state index in [1.807, 2.05) is 39.5 Å². The lowest BCUT2D eigenvalue weighted by molar-refractivity contribution is -0.235. The number of aryl methyl sites for hydroxylation is 1. The van der Waals surface area contributed by atoms with Crippen molar-refractivity contribution in [1.82, 2.24) is 14.7 Å². The molecule has 1 saturated carbocycles. The summed E-state index contributed by atoms with van der Waals surface area (Å²) in [4.78, 5) is 1.75. The summed E-state index contributed by atoms with van der Waals surface area (Å²) >= 11 is 3.65. The summed E-state index contributed by atoms with van der Waals surface area (Å²) < 4.78 is 8.55. The molecule has 1 aromatic rings. The average molecular weight is 346 g/mol. The number of halogens is 1. The maximum Gasteiger partial charge on any atom is 0.216 e. The van der Waals surface area contributed by atoms with Gasteiger partial charge in [-0.1, -0.05) is 0 Å². The molecule has 1 fully saturated rings. The van der Waals surface area contributed by atoms with E-state index in [1.54, 1.807) is 4.90 Å². The first-order chi connectivity index (χ1) is 9.19. The largest absolute Gasteiger partial charge is 0.356 e. The van der Waals surface area contributed by atoms with E-state index >= 15 is 0 Å². The van der Waals surface area contributed by atoms with E-state index in [1.165, 1.54) is 18.5 Å². The van der Waals surface area contributed by atoms with Crippen LogP contribution < -0.4 is 0 Å². The van der Waals surface area contributed by atoms with Crippen LogP contribution >= 0.6 is 15.9 Å². The first-order valence-electron chi connectivity index (χ1n) is 6.96. The van der Waals surface area contributed by atoms with Crippen LogP contribution in [-0.4, -0.2) is 38.8 Å². The molecule has 20 heavy (non-hydrogen) atoms. The molecule has 1 unspecified atom stereocenters. The van der Waals surface area contributed by atoms with Gasteiger partial charge in [0.25, 0.3) is 0 Å². The minimum absolute atomic E-state index is 0.381. The lowest BCUT2D eigenvalue weighted by Crippen LogP contribution is -2.39. The molecule has 0 aromatic carbocycles. The van der Waals surface area contributed by atoms with E-state index in [0.29, 0.717) is 12.5 Å². The average Bonchev–Trinajstić information content (AvgIpc) is 3.06. The van der Waals surface area contributed by atoms with Crippen molar-refractivity contribution in [1.29, 1.82) is 0 Å². The summed E-state index contributed by atoms with van der Waals surface area (Å²) in [7, 11) is 3.80. The van der Waals surface area contributed by atoms with E-state index in [9.17, 15) is 5.11 Å². The third-order valence-corrected chi connectivity index (χ3v) is 4.16. The fraction of sp³-hybridized carbons (Fsp3) is 0.786. The summed E-state index contributed by atoms with van der Waals surface area (Å²) in [5.74, 6) is 0.636. The summed E-state index contributed by atoms with van der Waals surface area (Å²) in [6.45, 7) is 6.31. The maximum absolute atomic E-state index is 10.1. The van der Waals surface area contributed by atoms with Crippen LogP contribution in [0.1, 0.15) is 50.9 Å². The van der Waals surface area contributed by atoms with E-state index < -0.39 is 6.41 Å². The Bertz CT molecular complexity index is 477. The lowest BCUT2D eigenvalue weighted by atomic mass is 10.2. The smallest absolute Gasteiger partial charge is 0.216 e. The molecule has 6 heteroatoms. The number of rotatable bonds is 5. The fourth-order valence-corrected chi connectivity index (χ4v) is 2.98. The van der Waals surface area contributed by atoms with Crippen molar-refractivity contribution >= 4 is 15.9 Å². The molecular formula is C14H24BrN3O2. The zero-order valence-corrected chi connectivity index (χ0v) is 14.4. The minimum atomic E-state index is -0.937. The lowest BCUT2D eigenvalue weighted by Gasteiger charge is -2.29. The molecule has 1 aromatic heterocycles. The van der Waals surface area contributed by atoms with Crippen LogP contribution in [-0.2, 0) is 18.3 Å².